The van der Waals surface area contributed by atoms with Gasteiger partial charge in [-0.25, -0.2) is 9.78 Å². The summed E-state index contributed by atoms with van der Waals surface area (Å²) in [4.78, 5) is 25.9. The lowest BCUT2D eigenvalue weighted by Crippen LogP contribution is -2.51. The van der Waals surface area contributed by atoms with Gasteiger partial charge in [-0.1, -0.05) is 23.7 Å². The number of aryl methyl sites for hydroxylation is 1. The molecule has 8 nitrogen and oxygen atoms in total. The Labute approximate surface area is 228 Å². The third-order valence-electron chi connectivity index (χ3n) is 7.20. The molecule has 200 valence electrons. The lowest BCUT2D eigenvalue weighted by molar-refractivity contribution is 0.0117. The van der Waals surface area contributed by atoms with E-state index >= 15 is 0 Å². The van der Waals surface area contributed by atoms with E-state index in [0.717, 1.165) is 28.0 Å². The highest BCUT2D eigenvalue weighted by atomic mass is 35.5. The van der Waals surface area contributed by atoms with Crippen molar-refractivity contribution in [1.82, 2.24) is 24.3 Å². The molecule has 0 bridgehead atoms. The molecular formula is C29H34ClN5O3. The molecule has 0 radical (unpaired) electrons. The van der Waals surface area contributed by atoms with Crippen molar-refractivity contribution in [3.8, 4) is 0 Å². The molecule has 1 saturated heterocycles. The number of pyridine rings is 1. The molecule has 1 aliphatic heterocycles. The first kappa shape index (κ1) is 26.4. The van der Waals surface area contributed by atoms with Crippen LogP contribution in [0.4, 0.5) is 4.79 Å². The van der Waals surface area contributed by atoms with E-state index in [2.05, 4.69) is 9.88 Å². The van der Waals surface area contributed by atoms with Gasteiger partial charge in [0.2, 0.25) is 0 Å². The average Bonchev–Trinajstić information content (AvgIpc) is 3.24. The molecule has 0 saturated carbocycles. The van der Waals surface area contributed by atoms with Crippen molar-refractivity contribution in [2.45, 2.75) is 44.9 Å². The molecule has 2 aliphatic rings. The first-order valence-electron chi connectivity index (χ1n) is 12.8. The summed E-state index contributed by atoms with van der Waals surface area (Å²) < 4.78 is 7.43. The van der Waals surface area contributed by atoms with Gasteiger partial charge in [0.1, 0.15) is 11.2 Å². The number of carbonyl (C=O) groups excluding carboxylic acids is 1. The van der Waals surface area contributed by atoms with Crippen LogP contribution in [-0.2, 0) is 17.4 Å². The van der Waals surface area contributed by atoms with Gasteiger partial charge in [0.25, 0.3) is 0 Å². The highest BCUT2D eigenvalue weighted by Gasteiger charge is 2.39. The monoisotopic (exact) mass is 535 g/mol. The van der Waals surface area contributed by atoms with Crippen molar-refractivity contribution in [3.05, 3.63) is 82.2 Å². The number of carbonyl (C=O) groups is 1. The number of benzene rings is 1. The van der Waals surface area contributed by atoms with Crippen LogP contribution in [-0.4, -0.2) is 67.3 Å². The van der Waals surface area contributed by atoms with Gasteiger partial charge in [-0.15, -0.1) is 0 Å². The Morgan fingerprint density at radius 3 is 2.53 bits per heavy atom. The third kappa shape index (κ3) is 4.96. The second-order valence-electron chi connectivity index (χ2n) is 11.1. The first-order valence-corrected chi connectivity index (χ1v) is 13.2. The number of fused-ring (bicyclic) bond motifs is 2. The highest BCUT2D eigenvalue weighted by Crippen LogP contribution is 2.45. The lowest BCUT2D eigenvalue weighted by Gasteiger charge is -2.40. The molecular weight excluding hydrogens is 502 g/mol. The fraction of sp³-hybridized carbons (Fsp3) is 0.414. The third-order valence-corrected chi connectivity index (χ3v) is 7.44. The van der Waals surface area contributed by atoms with Gasteiger partial charge in [-0.2, -0.15) is 0 Å². The van der Waals surface area contributed by atoms with Gasteiger partial charge >= 0.3 is 6.09 Å². The van der Waals surface area contributed by atoms with Crippen molar-refractivity contribution in [3.63, 3.8) is 0 Å². The number of amides is 1. The van der Waals surface area contributed by atoms with E-state index in [9.17, 15) is 9.90 Å². The maximum absolute atomic E-state index is 12.7. The van der Waals surface area contributed by atoms with E-state index in [1.54, 1.807) is 30.5 Å². The number of aliphatic hydroxyl groups is 1. The van der Waals surface area contributed by atoms with Crippen LogP contribution in [0.2, 0.25) is 5.02 Å². The molecule has 1 N–H and O–H groups in total. The van der Waals surface area contributed by atoms with Crippen LogP contribution in [0.1, 0.15) is 61.8 Å². The van der Waals surface area contributed by atoms with Crippen LogP contribution in [0.5, 0.6) is 0 Å². The topological polar surface area (TPSA) is 83.7 Å². The molecule has 3 aromatic rings. The average molecular weight is 536 g/mol. The molecule has 2 atom stereocenters. The Morgan fingerprint density at radius 1 is 1.13 bits per heavy atom. The Hall–Kier alpha value is -3.20. The maximum Gasteiger partial charge on any atom is 0.410 e. The largest absolute Gasteiger partial charge is 0.444 e. The molecule has 38 heavy (non-hydrogen) atoms. The molecule has 1 aliphatic carbocycles. The number of halogens is 1. The van der Waals surface area contributed by atoms with Crippen LogP contribution in [0.15, 0.2) is 49.1 Å². The molecule has 0 spiro atoms. The molecule has 9 heteroatoms. The van der Waals surface area contributed by atoms with Crippen LogP contribution >= 0.6 is 11.6 Å². The zero-order valence-electron chi connectivity index (χ0n) is 22.5. The van der Waals surface area contributed by atoms with E-state index in [1.165, 1.54) is 0 Å². The van der Waals surface area contributed by atoms with Gasteiger partial charge in [-0.05, 0) is 68.7 Å². The van der Waals surface area contributed by atoms with Crippen LogP contribution in [0, 0.1) is 0 Å². The molecule has 1 unspecified atom stereocenters. The number of piperazine rings is 1. The number of hydrogen-bond donors (Lipinski definition) is 1. The van der Waals surface area contributed by atoms with Crippen LogP contribution in [0.25, 0.3) is 11.6 Å². The van der Waals surface area contributed by atoms with Crippen molar-refractivity contribution >= 4 is 29.3 Å². The Bertz CT molecular complexity index is 1380. The van der Waals surface area contributed by atoms with Crippen LogP contribution in [0.3, 0.4) is 0 Å². The minimum Gasteiger partial charge on any atom is -0.444 e. The molecule has 5 rings (SSSR count). The fourth-order valence-electron chi connectivity index (χ4n) is 5.39. The van der Waals surface area contributed by atoms with Gasteiger partial charge < -0.3 is 19.3 Å². The standard InChI is InChI=1S/C29H34ClN5O3/c1-28(2,3)38-27(36)35-13-11-34(12-14-35)26-21-9-8-20(30)15-19(21)16-23(22-7-6-10-32-25(22)26)29(4,37)24-17-31-18-33(24)5/h6-10,15-18,26,37H,11-14H2,1-5H3/t26-,29?/m1/s1. The van der Waals surface area contributed by atoms with Crippen molar-refractivity contribution in [2.24, 2.45) is 7.05 Å². The summed E-state index contributed by atoms with van der Waals surface area (Å²) in [6, 6.07) is 9.59. The van der Waals surface area contributed by atoms with Gasteiger partial charge in [0.05, 0.1) is 30.0 Å². The lowest BCUT2D eigenvalue weighted by atomic mass is 9.85. The Kier molecular flexibility index (Phi) is 6.84. The molecule has 1 aromatic carbocycles. The number of nitrogens with zero attached hydrogens (tertiary/aromatic N) is 5. The fourth-order valence-corrected chi connectivity index (χ4v) is 5.57. The summed E-state index contributed by atoms with van der Waals surface area (Å²) in [5, 5.41) is 12.6. The second-order valence-corrected chi connectivity index (χ2v) is 11.6. The summed E-state index contributed by atoms with van der Waals surface area (Å²) in [6.07, 6.45) is 6.89. The summed E-state index contributed by atoms with van der Waals surface area (Å²) in [6.45, 7) is 9.81. The van der Waals surface area contributed by atoms with Crippen LogP contribution < -0.4 is 0 Å². The summed E-state index contributed by atoms with van der Waals surface area (Å²) in [5.41, 5.74) is 3.22. The normalized spacial score (nSPS) is 19.6. The van der Waals surface area contributed by atoms with Crippen molar-refractivity contribution in [2.75, 3.05) is 26.2 Å². The predicted molar refractivity (Wildman–Crippen MR) is 148 cm³/mol. The number of ether oxygens (including phenoxy) is 1. The van der Waals surface area contributed by atoms with E-state index < -0.39 is 11.2 Å². The van der Waals surface area contributed by atoms with E-state index in [1.807, 2.05) is 68.8 Å². The Morgan fingerprint density at radius 2 is 1.87 bits per heavy atom. The van der Waals surface area contributed by atoms with Gasteiger partial charge in [0, 0.05) is 50.0 Å². The molecule has 3 heterocycles. The summed E-state index contributed by atoms with van der Waals surface area (Å²) >= 11 is 6.48. The Balaban J connectivity index is 1.57. The zero-order chi connectivity index (χ0) is 27.2. The van der Waals surface area contributed by atoms with E-state index in [4.69, 9.17) is 21.3 Å². The molecule has 1 amide bonds. The quantitative estimate of drug-likeness (QED) is 0.515. The zero-order valence-corrected chi connectivity index (χ0v) is 23.2. The minimum atomic E-state index is -1.34. The molecule has 1 fully saturated rings. The first-order chi connectivity index (χ1) is 18.0. The highest BCUT2D eigenvalue weighted by molar-refractivity contribution is 6.30. The van der Waals surface area contributed by atoms with Gasteiger partial charge in [-0.3, -0.25) is 9.88 Å². The summed E-state index contributed by atoms with van der Waals surface area (Å²) in [7, 11) is 1.87. The van der Waals surface area contributed by atoms with E-state index in [-0.39, 0.29) is 12.1 Å². The maximum atomic E-state index is 12.7. The predicted octanol–water partition coefficient (Wildman–Crippen LogP) is 4.87. The number of rotatable bonds is 3. The second kappa shape index (κ2) is 9.84. The summed E-state index contributed by atoms with van der Waals surface area (Å²) in [5.74, 6) is 0. The van der Waals surface area contributed by atoms with Crippen molar-refractivity contribution in [1.29, 1.82) is 0 Å². The number of imidazole rings is 1. The number of aromatic nitrogens is 3. The number of hydrogen-bond acceptors (Lipinski definition) is 6. The van der Waals surface area contributed by atoms with Crippen molar-refractivity contribution < 1.29 is 14.6 Å². The van der Waals surface area contributed by atoms with E-state index in [0.29, 0.717) is 36.9 Å². The minimum absolute atomic E-state index is 0.185. The molecule has 2 aromatic heterocycles. The van der Waals surface area contributed by atoms with Gasteiger partial charge in [0.15, 0.2) is 0 Å². The smallest absolute Gasteiger partial charge is 0.410 e. The SMILES string of the molecule is Cn1cncc1C(C)(O)C1=Cc2cc(Cl)ccc2[C@@H](N2CCN(C(=O)OC(C)(C)C)CC2)c2ncccc21.